The molecule has 5 rings (SSSR count). The molecular formula is C20H18O4. The lowest BCUT2D eigenvalue weighted by molar-refractivity contribution is 0.0863. The third kappa shape index (κ3) is 1.71. The Morgan fingerprint density at radius 3 is 2.54 bits per heavy atom. The normalized spacial score (nSPS) is 26.2. The van der Waals surface area contributed by atoms with E-state index in [1.54, 1.807) is 0 Å². The topological polar surface area (TPSA) is 44.8 Å². The molecule has 122 valence electrons. The minimum Gasteiger partial charge on any atom is -0.488 e. The van der Waals surface area contributed by atoms with Crippen LogP contribution in [0, 0.1) is 11.8 Å². The molecule has 2 aromatic rings. The quantitative estimate of drug-likeness (QED) is 0.798. The van der Waals surface area contributed by atoms with Gasteiger partial charge in [0.25, 0.3) is 0 Å². The number of Topliss-reactive ketones (excluding diaryl/α,β-unsaturated/α-hetero) is 1. The zero-order chi connectivity index (χ0) is 16.4. The average Bonchev–Trinajstić information content (AvgIpc) is 3.01. The van der Waals surface area contributed by atoms with Gasteiger partial charge >= 0.3 is 0 Å². The molecule has 4 heteroatoms. The first-order chi connectivity index (χ1) is 11.6. The monoisotopic (exact) mass is 322 g/mol. The average molecular weight is 322 g/mol. The van der Waals surface area contributed by atoms with Crippen molar-refractivity contribution in [2.45, 2.75) is 26.4 Å². The molecule has 2 aliphatic heterocycles. The van der Waals surface area contributed by atoms with Crippen molar-refractivity contribution in [3.8, 4) is 17.2 Å². The molecule has 0 radical (unpaired) electrons. The maximum atomic E-state index is 12.8. The molecule has 0 unspecified atom stereocenters. The van der Waals surface area contributed by atoms with Gasteiger partial charge in [0.1, 0.15) is 12.4 Å². The third-order valence-corrected chi connectivity index (χ3v) is 5.75. The van der Waals surface area contributed by atoms with Crippen LogP contribution in [-0.4, -0.2) is 12.6 Å². The molecule has 0 N–H and O–H groups in total. The maximum absolute atomic E-state index is 12.8. The fraction of sp³-hybridized carbons (Fsp3) is 0.350. The lowest BCUT2D eigenvalue weighted by Gasteiger charge is -2.39. The van der Waals surface area contributed by atoms with Crippen LogP contribution in [-0.2, 0) is 6.61 Å². The summed E-state index contributed by atoms with van der Waals surface area (Å²) in [4.78, 5) is 12.8. The fourth-order valence-electron chi connectivity index (χ4n) is 4.18. The van der Waals surface area contributed by atoms with Crippen LogP contribution in [0.3, 0.4) is 0 Å². The van der Waals surface area contributed by atoms with Gasteiger partial charge in [-0.1, -0.05) is 19.9 Å². The Morgan fingerprint density at radius 2 is 1.75 bits per heavy atom. The highest BCUT2D eigenvalue weighted by molar-refractivity contribution is 6.01. The number of carbonyl (C=O) groups is 1. The van der Waals surface area contributed by atoms with Gasteiger partial charge in [-0.25, -0.2) is 0 Å². The van der Waals surface area contributed by atoms with Crippen molar-refractivity contribution in [1.29, 1.82) is 0 Å². The molecule has 3 atom stereocenters. The number of rotatable bonds is 1. The van der Waals surface area contributed by atoms with Crippen molar-refractivity contribution in [2.75, 3.05) is 6.79 Å². The Hall–Kier alpha value is -2.49. The number of ether oxygens (including phenoxy) is 3. The second-order valence-corrected chi connectivity index (χ2v) is 6.89. The Balaban J connectivity index is 1.72. The van der Waals surface area contributed by atoms with Gasteiger partial charge < -0.3 is 14.2 Å². The van der Waals surface area contributed by atoms with Crippen LogP contribution in [0.15, 0.2) is 30.3 Å². The molecule has 2 aromatic carbocycles. The van der Waals surface area contributed by atoms with Crippen molar-refractivity contribution < 1.29 is 19.0 Å². The SMILES string of the molecule is C[C@@H]1[C@@H](c2ccc3c(c2)OCO3)c2c(ccc3c2CO3)C(=O)[C@H]1C. The predicted octanol–water partition coefficient (Wildman–Crippen LogP) is 3.91. The van der Waals surface area contributed by atoms with E-state index in [9.17, 15) is 4.79 Å². The summed E-state index contributed by atoms with van der Waals surface area (Å²) in [7, 11) is 0. The van der Waals surface area contributed by atoms with Gasteiger partial charge in [-0.05, 0) is 41.3 Å². The highest BCUT2D eigenvalue weighted by atomic mass is 16.7. The summed E-state index contributed by atoms with van der Waals surface area (Å²) in [5.74, 6) is 3.11. The van der Waals surface area contributed by atoms with Gasteiger partial charge in [0.15, 0.2) is 17.3 Å². The van der Waals surface area contributed by atoms with Crippen LogP contribution < -0.4 is 14.2 Å². The molecule has 4 nitrogen and oxygen atoms in total. The van der Waals surface area contributed by atoms with Crippen molar-refractivity contribution >= 4 is 5.78 Å². The van der Waals surface area contributed by atoms with Crippen LogP contribution in [0.25, 0.3) is 0 Å². The van der Waals surface area contributed by atoms with Gasteiger partial charge in [0, 0.05) is 23.0 Å². The molecule has 3 aliphatic rings. The molecule has 0 fully saturated rings. The second kappa shape index (κ2) is 4.76. The highest BCUT2D eigenvalue weighted by Gasteiger charge is 2.41. The minimum atomic E-state index is -0.00744. The summed E-state index contributed by atoms with van der Waals surface area (Å²) in [6.45, 7) is 5.06. The lowest BCUT2D eigenvalue weighted by atomic mass is 9.65. The maximum Gasteiger partial charge on any atom is 0.231 e. The Bertz CT molecular complexity index is 870. The van der Waals surface area contributed by atoms with Crippen molar-refractivity contribution in [3.63, 3.8) is 0 Å². The van der Waals surface area contributed by atoms with Gasteiger partial charge in [-0.3, -0.25) is 4.79 Å². The minimum absolute atomic E-state index is 0.00744. The standard InChI is InChI=1S/C20H18O4/c1-10-11(2)20(21)13-4-6-15-14(8-22-15)19(13)18(10)12-3-5-16-17(7-12)24-9-23-16/h3-7,10-11,18H,8-9H2,1-2H3/t10-,11-,18-/m0/s1. The van der Waals surface area contributed by atoms with Crippen LogP contribution in [0.4, 0.5) is 0 Å². The summed E-state index contributed by atoms with van der Waals surface area (Å²) >= 11 is 0. The molecule has 0 saturated heterocycles. The van der Waals surface area contributed by atoms with E-state index in [0.717, 1.165) is 28.4 Å². The van der Waals surface area contributed by atoms with E-state index in [0.29, 0.717) is 6.61 Å². The van der Waals surface area contributed by atoms with E-state index in [-0.39, 0.29) is 30.3 Å². The molecule has 2 heterocycles. The summed E-state index contributed by atoms with van der Waals surface area (Å²) in [6, 6.07) is 9.98. The number of hydrogen-bond donors (Lipinski definition) is 0. The molecule has 0 bridgehead atoms. The zero-order valence-electron chi connectivity index (χ0n) is 13.7. The van der Waals surface area contributed by atoms with Gasteiger partial charge in [-0.15, -0.1) is 0 Å². The summed E-state index contributed by atoms with van der Waals surface area (Å²) < 4.78 is 16.5. The largest absolute Gasteiger partial charge is 0.488 e. The molecule has 1 aliphatic carbocycles. The highest BCUT2D eigenvalue weighted by Crippen LogP contribution is 2.50. The lowest BCUT2D eigenvalue weighted by Crippen LogP contribution is -2.34. The summed E-state index contributed by atoms with van der Waals surface area (Å²) in [5.41, 5.74) is 4.36. The smallest absolute Gasteiger partial charge is 0.231 e. The number of ketones is 1. The molecule has 0 amide bonds. The predicted molar refractivity (Wildman–Crippen MR) is 87.8 cm³/mol. The van der Waals surface area contributed by atoms with E-state index < -0.39 is 0 Å². The Labute approximate surface area is 140 Å². The van der Waals surface area contributed by atoms with Crippen LogP contribution in [0.5, 0.6) is 17.2 Å². The van der Waals surface area contributed by atoms with E-state index in [1.807, 2.05) is 25.1 Å². The molecule has 0 saturated carbocycles. The Morgan fingerprint density at radius 1 is 0.958 bits per heavy atom. The van der Waals surface area contributed by atoms with Crippen LogP contribution in [0.2, 0.25) is 0 Å². The number of hydrogen-bond acceptors (Lipinski definition) is 4. The first-order valence-electron chi connectivity index (χ1n) is 8.37. The first kappa shape index (κ1) is 13.9. The van der Waals surface area contributed by atoms with Crippen molar-refractivity contribution in [2.24, 2.45) is 11.8 Å². The van der Waals surface area contributed by atoms with Gasteiger partial charge in [0.2, 0.25) is 6.79 Å². The van der Waals surface area contributed by atoms with Crippen LogP contribution in [0.1, 0.15) is 46.8 Å². The Kier molecular flexibility index (Phi) is 2.76. The van der Waals surface area contributed by atoms with Crippen LogP contribution >= 0.6 is 0 Å². The van der Waals surface area contributed by atoms with Crippen molar-refractivity contribution in [3.05, 3.63) is 52.6 Å². The van der Waals surface area contributed by atoms with Crippen molar-refractivity contribution in [1.82, 2.24) is 0 Å². The van der Waals surface area contributed by atoms with Gasteiger partial charge in [-0.2, -0.15) is 0 Å². The number of carbonyl (C=O) groups excluding carboxylic acids is 1. The van der Waals surface area contributed by atoms with E-state index in [2.05, 4.69) is 19.1 Å². The van der Waals surface area contributed by atoms with E-state index in [4.69, 9.17) is 14.2 Å². The number of fused-ring (bicyclic) bond motifs is 4. The first-order valence-corrected chi connectivity index (χ1v) is 8.37. The molecular weight excluding hydrogens is 304 g/mol. The zero-order valence-corrected chi connectivity index (χ0v) is 13.7. The summed E-state index contributed by atoms with van der Waals surface area (Å²) in [5, 5.41) is 0. The second-order valence-electron chi connectivity index (χ2n) is 6.89. The molecule has 24 heavy (non-hydrogen) atoms. The van der Waals surface area contributed by atoms with Gasteiger partial charge in [0.05, 0.1) is 0 Å². The van der Waals surface area contributed by atoms with E-state index >= 15 is 0 Å². The molecule has 0 aromatic heterocycles. The molecule has 0 spiro atoms. The summed E-state index contributed by atoms with van der Waals surface area (Å²) in [6.07, 6.45) is 0. The number of benzene rings is 2. The third-order valence-electron chi connectivity index (χ3n) is 5.75. The fourth-order valence-corrected chi connectivity index (χ4v) is 4.18. The van der Waals surface area contributed by atoms with E-state index in [1.165, 1.54) is 11.1 Å².